The number of halogens is 3. The zero-order chi connectivity index (χ0) is 16.4. The fraction of sp³-hybridized carbons (Fsp3) is 0.333. The van der Waals surface area contributed by atoms with Crippen molar-refractivity contribution in [1.29, 1.82) is 0 Å². The molecule has 122 valence electrons. The maximum atomic E-state index is 13.5. The van der Waals surface area contributed by atoms with Crippen molar-refractivity contribution in [3.05, 3.63) is 44.6 Å². The lowest BCUT2D eigenvalue weighted by Gasteiger charge is -2.20. The van der Waals surface area contributed by atoms with Gasteiger partial charge in [-0.2, -0.15) is 0 Å². The summed E-state index contributed by atoms with van der Waals surface area (Å²) in [5.74, 6) is -0.719. The molecular weight excluding hydrogens is 360 g/mol. The van der Waals surface area contributed by atoms with Crippen LogP contribution in [0.3, 0.4) is 0 Å². The molecule has 0 aliphatic carbocycles. The molecule has 3 rings (SSSR count). The van der Waals surface area contributed by atoms with Gasteiger partial charge in [-0.25, -0.2) is 9.37 Å². The van der Waals surface area contributed by atoms with Crippen LogP contribution in [0.2, 0.25) is 10.0 Å². The highest BCUT2D eigenvalue weighted by atomic mass is 35.5. The molecule has 0 atom stereocenters. The minimum Gasteiger partial charge on any atom is -0.317 e. The van der Waals surface area contributed by atoms with Gasteiger partial charge in [-0.3, -0.25) is 10.1 Å². The summed E-state index contributed by atoms with van der Waals surface area (Å²) in [4.78, 5) is 17.6. The molecule has 1 saturated heterocycles. The number of piperidine rings is 1. The Hall–Kier alpha value is -1.21. The molecule has 23 heavy (non-hydrogen) atoms. The number of nitrogens with zero attached hydrogens (tertiary/aromatic N) is 1. The van der Waals surface area contributed by atoms with Crippen molar-refractivity contribution in [3.8, 4) is 0 Å². The van der Waals surface area contributed by atoms with E-state index in [1.54, 1.807) is 6.20 Å². The van der Waals surface area contributed by atoms with Crippen LogP contribution in [0.15, 0.2) is 18.3 Å². The number of thiazole rings is 1. The number of carbonyl (C=O) groups is 1. The van der Waals surface area contributed by atoms with Gasteiger partial charge in [0.15, 0.2) is 5.13 Å². The SMILES string of the molecule is O=C(Nc1ncc(C2CCNCC2)s1)c1cc(F)c(Cl)cc1Cl. The summed E-state index contributed by atoms with van der Waals surface area (Å²) < 4.78 is 13.5. The number of amides is 1. The van der Waals surface area contributed by atoms with Crippen LogP contribution >= 0.6 is 34.5 Å². The Kier molecular flexibility index (Phi) is 5.16. The second-order valence-corrected chi connectivity index (χ2v) is 7.17. The summed E-state index contributed by atoms with van der Waals surface area (Å²) in [6.07, 6.45) is 3.91. The topological polar surface area (TPSA) is 54.0 Å². The number of anilines is 1. The number of carbonyl (C=O) groups excluding carboxylic acids is 1. The largest absolute Gasteiger partial charge is 0.317 e. The number of rotatable bonds is 3. The quantitative estimate of drug-likeness (QED) is 0.788. The van der Waals surface area contributed by atoms with E-state index in [2.05, 4.69) is 15.6 Å². The molecule has 1 aromatic heterocycles. The molecule has 0 radical (unpaired) electrons. The minimum absolute atomic E-state index is 0.0344. The molecule has 2 N–H and O–H groups in total. The van der Waals surface area contributed by atoms with Crippen molar-refractivity contribution < 1.29 is 9.18 Å². The highest BCUT2D eigenvalue weighted by Crippen LogP contribution is 2.32. The summed E-state index contributed by atoms with van der Waals surface area (Å²) in [5.41, 5.74) is 0.0344. The van der Waals surface area contributed by atoms with Crippen molar-refractivity contribution in [3.63, 3.8) is 0 Å². The van der Waals surface area contributed by atoms with E-state index in [9.17, 15) is 9.18 Å². The second kappa shape index (κ2) is 7.13. The Labute approximate surface area is 147 Å². The van der Waals surface area contributed by atoms with Crippen LogP contribution in [-0.4, -0.2) is 24.0 Å². The molecule has 1 aromatic carbocycles. The molecule has 1 amide bonds. The van der Waals surface area contributed by atoms with Crippen molar-refractivity contribution >= 4 is 45.6 Å². The third-order valence-corrected chi connectivity index (χ3v) is 5.42. The lowest BCUT2D eigenvalue weighted by molar-refractivity contribution is 0.102. The van der Waals surface area contributed by atoms with E-state index < -0.39 is 11.7 Å². The predicted octanol–water partition coefficient (Wildman–Crippen LogP) is 4.31. The summed E-state index contributed by atoms with van der Waals surface area (Å²) in [7, 11) is 0. The Morgan fingerprint density at radius 3 is 2.78 bits per heavy atom. The average Bonchev–Trinajstić information content (AvgIpc) is 3.00. The summed E-state index contributed by atoms with van der Waals surface area (Å²) in [5, 5.41) is 6.44. The zero-order valence-corrected chi connectivity index (χ0v) is 14.4. The van der Waals surface area contributed by atoms with Crippen LogP contribution in [0, 0.1) is 5.82 Å². The maximum absolute atomic E-state index is 13.5. The normalized spacial score (nSPS) is 15.6. The van der Waals surface area contributed by atoms with E-state index in [1.165, 1.54) is 17.4 Å². The fourth-order valence-corrected chi connectivity index (χ4v) is 3.95. The third-order valence-electron chi connectivity index (χ3n) is 3.74. The zero-order valence-electron chi connectivity index (χ0n) is 12.0. The monoisotopic (exact) mass is 373 g/mol. The number of hydrogen-bond donors (Lipinski definition) is 2. The summed E-state index contributed by atoms with van der Waals surface area (Å²) in [6, 6.07) is 2.25. The average molecular weight is 374 g/mol. The Balaban J connectivity index is 1.73. The van der Waals surface area contributed by atoms with Gasteiger partial charge in [0.25, 0.3) is 5.91 Å². The van der Waals surface area contributed by atoms with Crippen molar-refractivity contribution in [1.82, 2.24) is 10.3 Å². The lowest BCUT2D eigenvalue weighted by Crippen LogP contribution is -2.26. The van der Waals surface area contributed by atoms with Gasteiger partial charge in [-0.1, -0.05) is 23.2 Å². The van der Waals surface area contributed by atoms with Crippen LogP contribution in [0.5, 0.6) is 0 Å². The van der Waals surface area contributed by atoms with E-state index >= 15 is 0 Å². The summed E-state index contributed by atoms with van der Waals surface area (Å²) >= 11 is 13.0. The Morgan fingerprint density at radius 1 is 1.30 bits per heavy atom. The van der Waals surface area contributed by atoms with Crippen molar-refractivity contribution in [2.24, 2.45) is 0 Å². The molecule has 4 nitrogen and oxygen atoms in total. The van der Waals surface area contributed by atoms with Gasteiger partial charge in [0, 0.05) is 11.1 Å². The third kappa shape index (κ3) is 3.83. The smallest absolute Gasteiger partial charge is 0.259 e. The van der Waals surface area contributed by atoms with Gasteiger partial charge in [-0.05, 0) is 44.0 Å². The number of nitrogens with one attached hydrogen (secondary N) is 2. The van der Waals surface area contributed by atoms with Crippen molar-refractivity contribution in [2.45, 2.75) is 18.8 Å². The molecule has 1 aliphatic rings. The maximum Gasteiger partial charge on any atom is 0.259 e. The molecule has 8 heteroatoms. The molecule has 0 bridgehead atoms. The van der Waals surface area contributed by atoms with Crippen LogP contribution < -0.4 is 10.6 Å². The van der Waals surface area contributed by atoms with Gasteiger partial charge in [-0.15, -0.1) is 11.3 Å². The Morgan fingerprint density at radius 2 is 2.04 bits per heavy atom. The predicted molar refractivity (Wildman–Crippen MR) is 91.3 cm³/mol. The van der Waals surface area contributed by atoms with Crippen molar-refractivity contribution in [2.75, 3.05) is 18.4 Å². The Bertz CT molecular complexity index is 732. The number of aromatic nitrogens is 1. The molecule has 2 heterocycles. The van der Waals surface area contributed by atoms with E-state index in [0.717, 1.165) is 36.9 Å². The van der Waals surface area contributed by atoms with Gasteiger partial charge < -0.3 is 5.32 Å². The first kappa shape index (κ1) is 16.6. The first-order chi connectivity index (χ1) is 11.0. The number of benzene rings is 1. The van der Waals surface area contributed by atoms with Crippen LogP contribution in [0.25, 0.3) is 0 Å². The molecule has 1 aliphatic heterocycles. The van der Waals surface area contributed by atoms with Gasteiger partial charge in [0.05, 0.1) is 15.6 Å². The highest BCUT2D eigenvalue weighted by Gasteiger charge is 2.19. The summed E-state index contributed by atoms with van der Waals surface area (Å²) in [6.45, 7) is 1.98. The number of hydrogen-bond acceptors (Lipinski definition) is 4. The van der Waals surface area contributed by atoms with Crippen LogP contribution in [0.1, 0.15) is 34.0 Å². The molecule has 2 aromatic rings. The van der Waals surface area contributed by atoms with Crippen LogP contribution in [-0.2, 0) is 0 Å². The minimum atomic E-state index is -0.684. The van der Waals surface area contributed by atoms with E-state index in [-0.39, 0.29) is 15.6 Å². The van der Waals surface area contributed by atoms with E-state index in [4.69, 9.17) is 23.2 Å². The fourth-order valence-electron chi connectivity index (χ4n) is 2.50. The first-order valence-electron chi connectivity index (χ1n) is 7.17. The molecular formula is C15H14Cl2FN3OS. The van der Waals surface area contributed by atoms with Gasteiger partial charge >= 0.3 is 0 Å². The van der Waals surface area contributed by atoms with E-state index in [1.807, 2.05) is 0 Å². The standard InChI is InChI=1S/C15H14Cl2FN3OS/c16-10-6-11(17)12(18)5-9(10)14(22)21-15-20-7-13(23-15)8-1-3-19-4-2-8/h5-8,19H,1-4H2,(H,20,21,22). The lowest BCUT2D eigenvalue weighted by atomic mass is 9.97. The molecule has 0 saturated carbocycles. The van der Waals surface area contributed by atoms with Crippen LogP contribution in [0.4, 0.5) is 9.52 Å². The van der Waals surface area contributed by atoms with Gasteiger partial charge in [0.1, 0.15) is 5.82 Å². The van der Waals surface area contributed by atoms with Gasteiger partial charge in [0.2, 0.25) is 0 Å². The molecule has 0 unspecified atom stereocenters. The van der Waals surface area contributed by atoms with E-state index in [0.29, 0.717) is 11.0 Å². The first-order valence-corrected chi connectivity index (χ1v) is 8.74. The highest BCUT2D eigenvalue weighted by molar-refractivity contribution is 7.15. The molecule has 1 fully saturated rings. The molecule has 0 spiro atoms. The second-order valence-electron chi connectivity index (χ2n) is 5.29.